The third kappa shape index (κ3) is 3.00. The molecule has 0 aliphatic carbocycles. The van der Waals surface area contributed by atoms with Crippen molar-refractivity contribution >= 4 is 22.8 Å². The molecule has 0 spiro atoms. The van der Waals surface area contributed by atoms with Crippen molar-refractivity contribution in [3.05, 3.63) is 35.4 Å². The summed E-state index contributed by atoms with van der Waals surface area (Å²) in [5.74, 6) is 0.755. The van der Waals surface area contributed by atoms with Gasteiger partial charge in [-0.3, -0.25) is 10.9 Å². The highest BCUT2D eigenvalue weighted by atomic mass is 32.2. The fourth-order valence-corrected chi connectivity index (χ4v) is 1.87. The van der Waals surface area contributed by atoms with E-state index in [9.17, 15) is 0 Å². The van der Waals surface area contributed by atoms with E-state index in [4.69, 9.17) is 0 Å². The summed E-state index contributed by atoms with van der Waals surface area (Å²) in [7, 11) is 0. The molecule has 0 atom stereocenters. The third-order valence-corrected chi connectivity index (χ3v) is 3.06. The van der Waals surface area contributed by atoms with Crippen LogP contribution in [0.15, 0.2) is 34.5 Å². The van der Waals surface area contributed by atoms with E-state index in [0.717, 1.165) is 23.0 Å². The summed E-state index contributed by atoms with van der Waals surface area (Å²) in [6.07, 6.45) is 4.24. The number of hydrogen-bond donors (Lipinski definition) is 2. The molecule has 1 aliphatic rings. The number of aryl methyl sites for hydroxylation is 1. The van der Waals surface area contributed by atoms with Gasteiger partial charge in [-0.05, 0) is 18.2 Å². The SMILES string of the molecule is CCCc1ccc(C2=NNC(SC)=NN2)cc1. The number of thioether (sulfide) groups is 1. The van der Waals surface area contributed by atoms with Crippen molar-refractivity contribution in [3.63, 3.8) is 0 Å². The van der Waals surface area contributed by atoms with Gasteiger partial charge in [-0.15, -0.1) is 5.10 Å². The third-order valence-electron chi connectivity index (χ3n) is 2.49. The second-order valence-electron chi connectivity index (χ2n) is 3.75. The average Bonchev–Trinajstić information content (AvgIpc) is 2.40. The largest absolute Gasteiger partial charge is 0.257 e. The lowest BCUT2D eigenvalue weighted by atomic mass is 10.1. The summed E-state index contributed by atoms with van der Waals surface area (Å²) in [4.78, 5) is 0. The molecule has 0 unspecified atom stereocenters. The Balaban J connectivity index is 2.06. The summed E-state index contributed by atoms with van der Waals surface area (Å²) in [6.45, 7) is 2.18. The standard InChI is InChI=1S/C12H16N4S/c1-3-4-9-5-7-10(8-6-9)11-13-15-12(17-2)16-14-11/h5-8H,3-4H2,1-2H3,(H,13,14)(H,15,16). The fraction of sp³-hybridized carbons (Fsp3) is 0.333. The molecular formula is C12H16N4S. The Morgan fingerprint density at radius 3 is 2.41 bits per heavy atom. The van der Waals surface area contributed by atoms with Crippen molar-refractivity contribution in [1.82, 2.24) is 10.9 Å². The van der Waals surface area contributed by atoms with E-state index >= 15 is 0 Å². The molecule has 5 heteroatoms. The fourth-order valence-electron chi connectivity index (χ4n) is 1.60. The first kappa shape index (κ1) is 12.0. The molecule has 1 aromatic rings. The van der Waals surface area contributed by atoms with E-state index in [1.165, 1.54) is 23.7 Å². The zero-order valence-corrected chi connectivity index (χ0v) is 10.8. The second kappa shape index (κ2) is 5.72. The molecule has 0 radical (unpaired) electrons. The number of benzene rings is 1. The topological polar surface area (TPSA) is 48.8 Å². The van der Waals surface area contributed by atoms with E-state index in [-0.39, 0.29) is 0 Å². The maximum atomic E-state index is 4.23. The predicted molar refractivity (Wildman–Crippen MR) is 74.2 cm³/mol. The van der Waals surface area contributed by atoms with Gasteiger partial charge in [0.15, 0.2) is 5.84 Å². The highest BCUT2D eigenvalue weighted by molar-refractivity contribution is 8.13. The quantitative estimate of drug-likeness (QED) is 0.861. The highest BCUT2D eigenvalue weighted by Crippen LogP contribution is 2.08. The minimum absolute atomic E-state index is 0.755. The van der Waals surface area contributed by atoms with Crippen LogP contribution in [-0.2, 0) is 6.42 Å². The molecule has 0 saturated heterocycles. The van der Waals surface area contributed by atoms with Crippen molar-refractivity contribution in [2.45, 2.75) is 19.8 Å². The minimum Gasteiger partial charge on any atom is -0.257 e. The van der Waals surface area contributed by atoms with E-state index in [1.54, 1.807) is 0 Å². The number of hydrogen-bond acceptors (Lipinski definition) is 5. The Bertz CT molecular complexity index is 436. The van der Waals surface area contributed by atoms with Crippen LogP contribution in [0.1, 0.15) is 24.5 Å². The minimum atomic E-state index is 0.755. The van der Waals surface area contributed by atoms with Crippen LogP contribution in [0.3, 0.4) is 0 Å². The molecule has 0 aromatic heterocycles. The van der Waals surface area contributed by atoms with Crippen molar-refractivity contribution < 1.29 is 0 Å². The van der Waals surface area contributed by atoms with Gasteiger partial charge < -0.3 is 0 Å². The monoisotopic (exact) mass is 248 g/mol. The van der Waals surface area contributed by atoms with E-state index < -0.39 is 0 Å². The molecule has 0 amide bonds. The van der Waals surface area contributed by atoms with Crippen molar-refractivity contribution in [2.75, 3.05) is 6.26 Å². The molecule has 90 valence electrons. The van der Waals surface area contributed by atoms with E-state index in [1.807, 2.05) is 6.26 Å². The molecule has 0 saturated carbocycles. The Morgan fingerprint density at radius 1 is 1.12 bits per heavy atom. The van der Waals surface area contributed by atoms with Crippen LogP contribution in [0, 0.1) is 0 Å². The molecule has 4 nitrogen and oxygen atoms in total. The van der Waals surface area contributed by atoms with Gasteiger partial charge in [0.05, 0.1) is 0 Å². The Labute approximate surface area is 106 Å². The number of rotatable bonds is 3. The molecule has 17 heavy (non-hydrogen) atoms. The molecule has 1 aliphatic heterocycles. The van der Waals surface area contributed by atoms with Crippen LogP contribution in [0.5, 0.6) is 0 Å². The molecule has 0 fully saturated rings. The number of hydrazone groups is 2. The van der Waals surface area contributed by atoms with Gasteiger partial charge in [0.2, 0.25) is 5.17 Å². The first-order valence-corrected chi connectivity index (χ1v) is 6.86. The smallest absolute Gasteiger partial charge is 0.200 e. The van der Waals surface area contributed by atoms with Gasteiger partial charge >= 0.3 is 0 Å². The van der Waals surface area contributed by atoms with Crippen LogP contribution < -0.4 is 10.9 Å². The van der Waals surface area contributed by atoms with Crippen LogP contribution in [-0.4, -0.2) is 17.3 Å². The molecule has 2 N–H and O–H groups in total. The van der Waals surface area contributed by atoms with Gasteiger partial charge in [-0.1, -0.05) is 49.4 Å². The van der Waals surface area contributed by atoms with Crippen molar-refractivity contribution in [2.24, 2.45) is 10.2 Å². The summed E-state index contributed by atoms with van der Waals surface area (Å²) in [5, 5.41) is 9.16. The summed E-state index contributed by atoms with van der Waals surface area (Å²) in [6, 6.07) is 8.41. The van der Waals surface area contributed by atoms with Gasteiger partial charge in [0.25, 0.3) is 0 Å². The molecule has 2 rings (SSSR count). The number of nitrogens with zero attached hydrogens (tertiary/aromatic N) is 2. The second-order valence-corrected chi connectivity index (χ2v) is 4.55. The van der Waals surface area contributed by atoms with Gasteiger partial charge in [-0.25, -0.2) is 0 Å². The van der Waals surface area contributed by atoms with Crippen LogP contribution in [0.25, 0.3) is 0 Å². The number of nitrogens with one attached hydrogen (secondary N) is 2. The van der Waals surface area contributed by atoms with Gasteiger partial charge in [-0.2, -0.15) is 5.10 Å². The predicted octanol–water partition coefficient (Wildman–Crippen LogP) is 2.13. The molecule has 0 bridgehead atoms. The maximum absolute atomic E-state index is 4.23. The van der Waals surface area contributed by atoms with Crippen molar-refractivity contribution in [1.29, 1.82) is 0 Å². The Hall–Kier alpha value is -1.49. The lowest BCUT2D eigenvalue weighted by Crippen LogP contribution is -2.32. The van der Waals surface area contributed by atoms with E-state index in [2.05, 4.69) is 52.2 Å². The Morgan fingerprint density at radius 2 is 1.88 bits per heavy atom. The number of amidine groups is 2. The first-order valence-electron chi connectivity index (χ1n) is 5.64. The maximum Gasteiger partial charge on any atom is 0.200 e. The molecular weight excluding hydrogens is 232 g/mol. The Kier molecular flexibility index (Phi) is 4.03. The zero-order chi connectivity index (χ0) is 12.1. The van der Waals surface area contributed by atoms with E-state index in [0.29, 0.717) is 0 Å². The summed E-state index contributed by atoms with van der Waals surface area (Å²) < 4.78 is 0. The zero-order valence-electron chi connectivity index (χ0n) is 10.0. The van der Waals surface area contributed by atoms with Crippen LogP contribution >= 0.6 is 11.8 Å². The lowest BCUT2D eigenvalue weighted by Gasteiger charge is -2.13. The van der Waals surface area contributed by atoms with Crippen molar-refractivity contribution in [3.8, 4) is 0 Å². The molecule has 1 heterocycles. The first-order chi connectivity index (χ1) is 8.33. The summed E-state index contributed by atoms with van der Waals surface area (Å²) in [5.41, 5.74) is 8.24. The lowest BCUT2D eigenvalue weighted by molar-refractivity contribution is 0.897. The van der Waals surface area contributed by atoms with Gasteiger partial charge in [0, 0.05) is 5.56 Å². The average molecular weight is 248 g/mol. The summed E-state index contributed by atoms with van der Waals surface area (Å²) >= 11 is 1.52. The highest BCUT2D eigenvalue weighted by Gasteiger charge is 2.08. The van der Waals surface area contributed by atoms with Crippen LogP contribution in [0.2, 0.25) is 0 Å². The van der Waals surface area contributed by atoms with Crippen LogP contribution in [0.4, 0.5) is 0 Å². The van der Waals surface area contributed by atoms with Gasteiger partial charge in [0.1, 0.15) is 0 Å². The normalized spacial score (nSPS) is 14.5. The molecule has 1 aromatic carbocycles.